The lowest BCUT2D eigenvalue weighted by Crippen LogP contribution is -2.06. The Kier molecular flexibility index (Phi) is 5.68. The van der Waals surface area contributed by atoms with E-state index in [1.165, 1.54) is 0 Å². The first-order valence-electron chi connectivity index (χ1n) is 8.26. The molecule has 0 aliphatic rings. The Bertz CT molecular complexity index is 976. The van der Waals surface area contributed by atoms with Crippen LogP contribution in [0.3, 0.4) is 0 Å². The van der Waals surface area contributed by atoms with Crippen LogP contribution in [0.5, 0.6) is 5.75 Å². The lowest BCUT2D eigenvalue weighted by molar-refractivity contribution is 0.415. The first kappa shape index (κ1) is 18.8. The van der Waals surface area contributed by atoms with Gasteiger partial charge in [-0.1, -0.05) is 6.07 Å². The molecule has 1 aromatic heterocycles. The standard InChI is InChI=1S/C19H21N5O2S/c1-12-13(2)21-19(23-14-7-9-16(26-3)10-8-14)24-18(12)22-15-5-4-6-17(11-15)27(20)25/h4-11H,20H2,1-3H3,(H2,21,22,23,24). The molecule has 8 heteroatoms. The number of hydrogen-bond acceptors (Lipinski definition) is 6. The summed E-state index contributed by atoms with van der Waals surface area (Å²) >= 11 is 0. The number of ether oxygens (including phenoxy) is 1. The first-order chi connectivity index (χ1) is 13.0. The Balaban J connectivity index is 1.87. The van der Waals surface area contributed by atoms with E-state index in [4.69, 9.17) is 9.88 Å². The Hall–Kier alpha value is -2.97. The van der Waals surface area contributed by atoms with Crippen molar-refractivity contribution in [1.82, 2.24) is 9.97 Å². The fourth-order valence-electron chi connectivity index (χ4n) is 2.45. The average molecular weight is 383 g/mol. The molecule has 0 aliphatic carbocycles. The molecule has 0 saturated carbocycles. The highest BCUT2D eigenvalue weighted by Gasteiger charge is 2.10. The molecule has 2 aromatic carbocycles. The summed E-state index contributed by atoms with van der Waals surface area (Å²) in [6.45, 7) is 3.87. The van der Waals surface area contributed by atoms with Crippen molar-refractivity contribution in [1.29, 1.82) is 0 Å². The van der Waals surface area contributed by atoms with Gasteiger partial charge in [-0.25, -0.2) is 14.3 Å². The molecule has 7 nitrogen and oxygen atoms in total. The predicted octanol–water partition coefficient (Wildman–Crippen LogP) is 3.57. The van der Waals surface area contributed by atoms with Gasteiger partial charge < -0.3 is 15.4 Å². The summed E-state index contributed by atoms with van der Waals surface area (Å²) in [6.07, 6.45) is 0. The zero-order valence-corrected chi connectivity index (χ0v) is 16.1. The second-order valence-corrected chi connectivity index (χ2v) is 6.98. The van der Waals surface area contributed by atoms with Crippen molar-refractivity contribution in [2.24, 2.45) is 5.14 Å². The zero-order chi connectivity index (χ0) is 19.4. The van der Waals surface area contributed by atoms with Gasteiger partial charge in [-0.3, -0.25) is 0 Å². The normalized spacial score (nSPS) is 11.7. The lowest BCUT2D eigenvalue weighted by atomic mass is 10.2. The largest absolute Gasteiger partial charge is 0.497 e. The summed E-state index contributed by atoms with van der Waals surface area (Å²) in [7, 11) is 0.0909. The van der Waals surface area contributed by atoms with E-state index < -0.39 is 11.0 Å². The third-order valence-electron chi connectivity index (χ3n) is 4.06. The van der Waals surface area contributed by atoms with Crippen molar-refractivity contribution < 1.29 is 8.95 Å². The summed E-state index contributed by atoms with van der Waals surface area (Å²) in [4.78, 5) is 9.61. The van der Waals surface area contributed by atoms with Gasteiger partial charge in [0.1, 0.15) is 22.6 Å². The number of hydrogen-bond donors (Lipinski definition) is 3. The molecule has 0 fully saturated rings. The van der Waals surface area contributed by atoms with E-state index in [0.29, 0.717) is 16.7 Å². The molecule has 0 bridgehead atoms. The van der Waals surface area contributed by atoms with E-state index >= 15 is 0 Å². The first-order valence-corrected chi connectivity index (χ1v) is 9.47. The molecular weight excluding hydrogens is 362 g/mol. The number of methoxy groups -OCH3 is 1. The van der Waals surface area contributed by atoms with Crippen LogP contribution in [0.2, 0.25) is 0 Å². The Morgan fingerprint density at radius 3 is 2.41 bits per heavy atom. The van der Waals surface area contributed by atoms with Crippen molar-refractivity contribution in [2.75, 3.05) is 17.7 Å². The van der Waals surface area contributed by atoms with Crippen LogP contribution < -0.4 is 20.5 Å². The maximum atomic E-state index is 11.5. The second-order valence-electron chi connectivity index (χ2n) is 5.91. The molecule has 140 valence electrons. The Morgan fingerprint density at radius 2 is 1.74 bits per heavy atom. The third kappa shape index (κ3) is 4.60. The molecule has 4 N–H and O–H groups in total. The van der Waals surface area contributed by atoms with E-state index in [-0.39, 0.29) is 0 Å². The van der Waals surface area contributed by atoms with Crippen LogP contribution >= 0.6 is 0 Å². The molecule has 0 aliphatic heterocycles. The zero-order valence-electron chi connectivity index (χ0n) is 15.3. The highest BCUT2D eigenvalue weighted by molar-refractivity contribution is 7.82. The smallest absolute Gasteiger partial charge is 0.229 e. The molecular formula is C19H21N5O2S. The monoisotopic (exact) mass is 383 g/mol. The molecule has 1 atom stereocenters. The molecule has 27 heavy (non-hydrogen) atoms. The lowest BCUT2D eigenvalue weighted by Gasteiger charge is -2.14. The van der Waals surface area contributed by atoms with Crippen LogP contribution in [-0.4, -0.2) is 21.3 Å². The summed E-state index contributed by atoms with van der Waals surface area (Å²) in [6, 6.07) is 14.6. The molecule has 0 spiro atoms. The van der Waals surface area contributed by atoms with Gasteiger partial charge in [0, 0.05) is 22.6 Å². The molecule has 0 radical (unpaired) electrons. The van der Waals surface area contributed by atoms with Gasteiger partial charge >= 0.3 is 0 Å². The number of benzene rings is 2. The highest BCUT2D eigenvalue weighted by atomic mass is 32.2. The average Bonchev–Trinajstić information content (AvgIpc) is 2.66. The van der Waals surface area contributed by atoms with Crippen molar-refractivity contribution in [3.05, 3.63) is 59.8 Å². The molecule has 3 aromatic rings. The minimum absolute atomic E-state index is 0.476. The number of aromatic nitrogens is 2. The number of nitrogens with two attached hydrogens (primary N) is 1. The van der Waals surface area contributed by atoms with Gasteiger partial charge in [-0.05, 0) is 56.3 Å². The summed E-state index contributed by atoms with van der Waals surface area (Å²) < 4.78 is 16.7. The molecule has 0 amide bonds. The van der Waals surface area contributed by atoms with Crippen molar-refractivity contribution in [3.8, 4) is 5.75 Å². The number of anilines is 4. The van der Waals surface area contributed by atoms with Gasteiger partial charge in [0.15, 0.2) is 0 Å². The molecule has 1 heterocycles. The second kappa shape index (κ2) is 8.15. The van der Waals surface area contributed by atoms with Gasteiger partial charge in [0.2, 0.25) is 5.95 Å². The number of nitrogens with one attached hydrogen (secondary N) is 2. The van der Waals surface area contributed by atoms with Crippen LogP contribution in [0.25, 0.3) is 0 Å². The van der Waals surface area contributed by atoms with Crippen LogP contribution in [0.1, 0.15) is 11.3 Å². The third-order valence-corrected chi connectivity index (χ3v) is 4.78. The van der Waals surface area contributed by atoms with Crippen LogP contribution in [0, 0.1) is 13.8 Å². The Labute approximate surface area is 160 Å². The number of rotatable bonds is 6. The van der Waals surface area contributed by atoms with Crippen molar-refractivity contribution >= 4 is 34.1 Å². The minimum Gasteiger partial charge on any atom is -0.497 e. The van der Waals surface area contributed by atoms with E-state index in [1.54, 1.807) is 25.3 Å². The predicted molar refractivity (Wildman–Crippen MR) is 108 cm³/mol. The van der Waals surface area contributed by atoms with Crippen LogP contribution in [-0.2, 0) is 11.0 Å². The fourth-order valence-corrected chi connectivity index (χ4v) is 2.90. The van der Waals surface area contributed by atoms with Gasteiger partial charge in [-0.2, -0.15) is 4.98 Å². The van der Waals surface area contributed by atoms with E-state index in [1.807, 2.05) is 44.2 Å². The van der Waals surface area contributed by atoms with Gasteiger partial charge in [0.25, 0.3) is 0 Å². The number of nitrogens with zero attached hydrogens (tertiary/aromatic N) is 2. The molecule has 0 saturated heterocycles. The highest BCUT2D eigenvalue weighted by Crippen LogP contribution is 2.25. The van der Waals surface area contributed by atoms with E-state index in [2.05, 4.69) is 20.6 Å². The molecule has 1 unspecified atom stereocenters. The van der Waals surface area contributed by atoms with Crippen LogP contribution in [0.4, 0.5) is 23.1 Å². The maximum Gasteiger partial charge on any atom is 0.229 e. The van der Waals surface area contributed by atoms with Crippen molar-refractivity contribution in [3.63, 3.8) is 0 Å². The topological polar surface area (TPSA) is 102 Å². The van der Waals surface area contributed by atoms with E-state index in [0.717, 1.165) is 28.4 Å². The number of aryl methyl sites for hydroxylation is 1. The quantitative estimate of drug-likeness (QED) is 0.601. The fraction of sp³-hybridized carbons (Fsp3) is 0.158. The van der Waals surface area contributed by atoms with Gasteiger partial charge in [0.05, 0.1) is 12.0 Å². The SMILES string of the molecule is COc1ccc(Nc2nc(C)c(C)c(Nc3cccc(S(N)=O)c3)n2)cc1. The summed E-state index contributed by atoms with van der Waals surface area (Å²) in [5.41, 5.74) is 3.38. The maximum absolute atomic E-state index is 11.5. The summed E-state index contributed by atoms with van der Waals surface area (Å²) in [5, 5.41) is 11.9. The van der Waals surface area contributed by atoms with Crippen LogP contribution in [0.15, 0.2) is 53.4 Å². The van der Waals surface area contributed by atoms with Crippen molar-refractivity contribution in [2.45, 2.75) is 18.7 Å². The Morgan fingerprint density at radius 1 is 1.00 bits per heavy atom. The molecule has 3 rings (SSSR count). The minimum atomic E-state index is -1.54. The van der Waals surface area contributed by atoms with E-state index in [9.17, 15) is 4.21 Å². The van der Waals surface area contributed by atoms with Gasteiger partial charge in [-0.15, -0.1) is 0 Å². The summed E-state index contributed by atoms with van der Waals surface area (Å²) in [5.74, 6) is 1.92.